The molecule has 0 bridgehead atoms. The van der Waals surface area contributed by atoms with Gasteiger partial charge in [0.2, 0.25) is 0 Å². The number of rotatable bonds is 10. The lowest BCUT2D eigenvalue weighted by molar-refractivity contribution is 0.481. The maximum atomic E-state index is 7.52. The van der Waals surface area contributed by atoms with Crippen molar-refractivity contribution in [1.29, 1.82) is 0 Å². The van der Waals surface area contributed by atoms with Crippen LogP contribution in [-0.2, 0) is 10.8 Å². The Morgan fingerprint density at radius 2 is 0.911 bits per heavy atom. The minimum Gasteiger partial charge on any atom is -0.457 e. The van der Waals surface area contributed by atoms with Gasteiger partial charge >= 0.3 is 0 Å². The summed E-state index contributed by atoms with van der Waals surface area (Å²) >= 11 is 0. The van der Waals surface area contributed by atoms with E-state index in [1.165, 1.54) is 44.6 Å². The molecule has 1 aliphatic heterocycles. The van der Waals surface area contributed by atoms with Crippen molar-refractivity contribution in [2.75, 3.05) is 16.5 Å². The van der Waals surface area contributed by atoms with E-state index in [0.717, 1.165) is 84.0 Å². The van der Waals surface area contributed by atoms with Gasteiger partial charge in [0.05, 0.1) is 28.1 Å². The molecule has 0 atom stereocenters. The number of hydrogen-bond donors (Lipinski definition) is 0. The molecule has 13 rings (SSSR count). The van der Waals surface area contributed by atoms with Gasteiger partial charge in [0.25, 0.3) is 0 Å². The standard InChI is InChI=1S/C74H62N4O/c1-73(2,3)56-42-57(76-49-77(68-38-23-22-37-67(68)76)72-59(51-27-14-8-15-28-51)35-24-36-60(72)52-29-16-9-17-30-52)44-58(43-56)79-70-47-69-63(45-61(70)53-31-18-10-19-32-53)62-41-55(50-25-12-7-13-26-50)39-40-66(62)78(69)71-46-65(74(4,5)6)64(48-75-71)54-33-20-11-21-34-54/h7-48H,49H2,1-6H3. The third kappa shape index (κ3) is 9.21. The Morgan fingerprint density at radius 3 is 1.48 bits per heavy atom. The number of hydrogen-bond acceptors (Lipinski definition) is 4. The molecule has 0 amide bonds. The molecule has 12 aromatic rings. The largest absolute Gasteiger partial charge is 0.457 e. The molecule has 3 heterocycles. The fraction of sp³-hybridized carbons (Fsp3) is 0.122. The average molecular weight is 1020 g/mol. The number of anilines is 4. The first kappa shape index (κ1) is 49.1. The lowest BCUT2D eigenvalue weighted by Crippen LogP contribution is -2.25. The SMILES string of the molecule is CC(C)(C)c1cc(Oc2cc3c(cc2-c2ccccc2)c2cc(-c4ccccc4)ccc2n3-c2cc(C(C)(C)C)c(-c3ccccc3)cn2)cc(N2CN(c3c(-c4ccccc4)cccc3-c3ccccc3)c3ccccc32)c1. The molecule has 2 aromatic heterocycles. The molecule has 0 unspecified atom stereocenters. The number of pyridine rings is 1. The minimum atomic E-state index is -0.203. The zero-order valence-corrected chi connectivity index (χ0v) is 45.7. The third-order valence-electron chi connectivity index (χ3n) is 15.6. The molecule has 0 N–H and O–H groups in total. The van der Waals surface area contributed by atoms with Crippen molar-refractivity contribution in [1.82, 2.24) is 9.55 Å². The van der Waals surface area contributed by atoms with Crippen LogP contribution >= 0.6 is 0 Å². The number of fused-ring (bicyclic) bond motifs is 4. The highest BCUT2D eigenvalue weighted by Crippen LogP contribution is 2.52. The molecule has 10 aromatic carbocycles. The van der Waals surface area contributed by atoms with Crippen LogP contribution < -0.4 is 14.5 Å². The monoisotopic (exact) mass is 1020 g/mol. The molecule has 0 saturated heterocycles. The molecule has 0 radical (unpaired) electrons. The normalized spacial score (nSPS) is 12.6. The second-order valence-electron chi connectivity index (χ2n) is 22.9. The van der Waals surface area contributed by atoms with E-state index >= 15 is 0 Å². The topological polar surface area (TPSA) is 33.5 Å². The summed E-state index contributed by atoms with van der Waals surface area (Å²) in [5, 5.41) is 2.26. The summed E-state index contributed by atoms with van der Waals surface area (Å²) in [6.45, 7) is 14.3. The second-order valence-corrected chi connectivity index (χ2v) is 22.9. The molecule has 79 heavy (non-hydrogen) atoms. The van der Waals surface area contributed by atoms with E-state index in [1.54, 1.807) is 0 Å². The van der Waals surface area contributed by atoms with E-state index in [-0.39, 0.29) is 10.8 Å². The molecular formula is C74H62N4O. The fourth-order valence-corrected chi connectivity index (χ4v) is 11.6. The van der Waals surface area contributed by atoms with Crippen molar-refractivity contribution in [2.45, 2.75) is 52.4 Å². The number of aromatic nitrogens is 2. The zero-order chi connectivity index (χ0) is 53.8. The van der Waals surface area contributed by atoms with Gasteiger partial charge in [-0.2, -0.15) is 0 Å². The summed E-state index contributed by atoms with van der Waals surface area (Å²) in [5.41, 5.74) is 20.0. The van der Waals surface area contributed by atoms with Gasteiger partial charge in [-0.05, 0) is 104 Å². The number of para-hydroxylation sites is 3. The molecule has 5 nitrogen and oxygen atoms in total. The van der Waals surface area contributed by atoms with Gasteiger partial charge in [-0.1, -0.05) is 230 Å². The average Bonchev–Trinajstić information content (AvgIpc) is 4.15. The zero-order valence-electron chi connectivity index (χ0n) is 45.7. The van der Waals surface area contributed by atoms with Gasteiger partial charge in [-0.3, -0.25) is 4.57 Å². The van der Waals surface area contributed by atoms with Crippen LogP contribution in [0.4, 0.5) is 22.7 Å². The van der Waals surface area contributed by atoms with Gasteiger partial charge < -0.3 is 14.5 Å². The number of ether oxygens (including phenoxy) is 1. The Bertz CT molecular complexity index is 4140. The molecule has 5 heteroatoms. The fourth-order valence-electron chi connectivity index (χ4n) is 11.6. The number of benzene rings is 10. The van der Waals surface area contributed by atoms with E-state index in [2.05, 4.69) is 311 Å². The van der Waals surface area contributed by atoms with Crippen LogP contribution in [0.2, 0.25) is 0 Å². The Hall–Kier alpha value is -9.45. The van der Waals surface area contributed by atoms with Crippen molar-refractivity contribution in [3.63, 3.8) is 0 Å². The van der Waals surface area contributed by atoms with E-state index in [1.807, 2.05) is 0 Å². The van der Waals surface area contributed by atoms with Gasteiger partial charge in [0, 0.05) is 57.0 Å². The smallest absolute Gasteiger partial charge is 0.137 e. The second kappa shape index (κ2) is 19.8. The molecule has 0 fully saturated rings. The van der Waals surface area contributed by atoms with Crippen LogP contribution in [0, 0.1) is 0 Å². The highest BCUT2D eigenvalue weighted by atomic mass is 16.5. The van der Waals surface area contributed by atoms with Gasteiger partial charge in [-0.25, -0.2) is 4.98 Å². The van der Waals surface area contributed by atoms with Crippen LogP contribution in [-0.4, -0.2) is 16.2 Å². The van der Waals surface area contributed by atoms with Crippen molar-refractivity contribution < 1.29 is 4.74 Å². The van der Waals surface area contributed by atoms with E-state index in [9.17, 15) is 0 Å². The predicted octanol–water partition coefficient (Wildman–Crippen LogP) is 20.1. The van der Waals surface area contributed by atoms with Crippen molar-refractivity contribution >= 4 is 44.6 Å². The summed E-state index contributed by atoms with van der Waals surface area (Å²) in [5.74, 6) is 2.38. The molecule has 0 aliphatic carbocycles. The third-order valence-corrected chi connectivity index (χ3v) is 15.6. The summed E-state index contributed by atoms with van der Waals surface area (Å²) in [4.78, 5) is 10.3. The van der Waals surface area contributed by atoms with Crippen LogP contribution in [0.15, 0.2) is 255 Å². The highest BCUT2D eigenvalue weighted by molar-refractivity contribution is 6.12. The molecule has 0 saturated carbocycles. The molecule has 1 aliphatic rings. The van der Waals surface area contributed by atoms with E-state index < -0.39 is 0 Å². The lowest BCUT2D eigenvalue weighted by atomic mass is 9.82. The minimum absolute atomic E-state index is 0.172. The Morgan fingerprint density at radius 1 is 0.392 bits per heavy atom. The maximum Gasteiger partial charge on any atom is 0.137 e. The first-order valence-corrected chi connectivity index (χ1v) is 27.5. The quantitative estimate of drug-likeness (QED) is 0.137. The van der Waals surface area contributed by atoms with Crippen LogP contribution in [0.3, 0.4) is 0 Å². The highest BCUT2D eigenvalue weighted by Gasteiger charge is 2.33. The van der Waals surface area contributed by atoms with Crippen LogP contribution in [0.5, 0.6) is 11.5 Å². The Kier molecular flexibility index (Phi) is 12.3. The Labute approximate surface area is 464 Å². The molecular weight excluding hydrogens is 961 g/mol. The predicted molar refractivity (Wildman–Crippen MR) is 332 cm³/mol. The Balaban J connectivity index is 0.997. The molecule has 0 spiro atoms. The van der Waals surface area contributed by atoms with Gasteiger partial charge in [0.15, 0.2) is 0 Å². The van der Waals surface area contributed by atoms with Crippen LogP contribution in [0.1, 0.15) is 52.7 Å². The lowest BCUT2D eigenvalue weighted by Gasteiger charge is -2.28. The van der Waals surface area contributed by atoms with E-state index in [4.69, 9.17) is 9.72 Å². The molecule has 384 valence electrons. The maximum absolute atomic E-state index is 7.52. The number of nitrogens with zero attached hydrogens (tertiary/aromatic N) is 4. The van der Waals surface area contributed by atoms with Crippen molar-refractivity contribution in [3.8, 4) is 73.0 Å². The summed E-state index contributed by atoms with van der Waals surface area (Å²) in [7, 11) is 0. The summed E-state index contributed by atoms with van der Waals surface area (Å²) in [6.07, 6.45) is 2.07. The van der Waals surface area contributed by atoms with E-state index in [0.29, 0.717) is 6.67 Å². The summed E-state index contributed by atoms with van der Waals surface area (Å²) < 4.78 is 9.86. The summed E-state index contributed by atoms with van der Waals surface area (Å²) in [6, 6.07) is 89.6. The first-order valence-electron chi connectivity index (χ1n) is 27.5. The van der Waals surface area contributed by atoms with Crippen molar-refractivity contribution in [2.24, 2.45) is 0 Å². The van der Waals surface area contributed by atoms with Gasteiger partial charge in [-0.15, -0.1) is 0 Å². The van der Waals surface area contributed by atoms with Crippen LogP contribution in [0.25, 0.3) is 83.3 Å². The van der Waals surface area contributed by atoms with Crippen molar-refractivity contribution in [3.05, 3.63) is 266 Å². The van der Waals surface area contributed by atoms with Gasteiger partial charge in [0.1, 0.15) is 24.0 Å². The first-order chi connectivity index (χ1) is 38.4.